The molecule has 11 heteroatoms. The van der Waals surface area contributed by atoms with E-state index >= 15 is 0 Å². The van der Waals surface area contributed by atoms with Crippen molar-refractivity contribution >= 4 is 23.2 Å². The summed E-state index contributed by atoms with van der Waals surface area (Å²) in [5.74, 6) is 1.26. The van der Waals surface area contributed by atoms with E-state index in [0.717, 1.165) is 23.4 Å². The van der Waals surface area contributed by atoms with Crippen molar-refractivity contribution < 1.29 is 33.3 Å². The molecule has 0 saturated carbocycles. The molecule has 1 N–H and O–H groups in total. The highest BCUT2D eigenvalue weighted by Gasteiger charge is 2.26. The number of likely N-dealkylation sites (tertiary alicyclic amines) is 1. The van der Waals surface area contributed by atoms with E-state index in [9.17, 15) is 9.59 Å². The van der Waals surface area contributed by atoms with Crippen LogP contribution in [0.3, 0.4) is 0 Å². The summed E-state index contributed by atoms with van der Waals surface area (Å²) >= 11 is 1.49. The van der Waals surface area contributed by atoms with Gasteiger partial charge in [0.05, 0.1) is 45.7 Å². The Labute approximate surface area is 215 Å². The fourth-order valence-electron chi connectivity index (χ4n) is 3.83. The average Bonchev–Trinajstić information content (AvgIpc) is 3.41. The summed E-state index contributed by atoms with van der Waals surface area (Å²) in [7, 11) is 4.78. The molecule has 3 rings (SSSR count). The highest BCUT2D eigenvalue weighted by Crippen LogP contribution is 2.31. The molecule has 2 heterocycles. The number of thiazole rings is 1. The highest BCUT2D eigenvalue weighted by atomic mass is 32.1. The number of carbonyl (C=O) groups is 2. The maximum absolute atomic E-state index is 12.6. The van der Waals surface area contributed by atoms with Gasteiger partial charge in [-0.2, -0.15) is 0 Å². The van der Waals surface area contributed by atoms with Gasteiger partial charge in [0.25, 0.3) is 5.91 Å². The summed E-state index contributed by atoms with van der Waals surface area (Å²) in [6.45, 7) is 3.58. The van der Waals surface area contributed by atoms with Crippen LogP contribution in [-0.2, 0) is 25.5 Å². The van der Waals surface area contributed by atoms with Crippen molar-refractivity contribution in [2.24, 2.45) is 0 Å². The lowest BCUT2D eigenvalue weighted by molar-refractivity contribution is -0.137. The second-order valence-electron chi connectivity index (χ2n) is 8.26. The molecule has 2 amide bonds. The summed E-state index contributed by atoms with van der Waals surface area (Å²) in [6.07, 6.45) is 1.62. The van der Waals surface area contributed by atoms with Crippen molar-refractivity contribution in [1.82, 2.24) is 15.2 Å². The van der Waals surface area contributed by atoms with E-state index in [-0.39, 0.29) is 24.3 Å². The summed E-state index contributed by atoms with van der Waals surface area (Å²) < 4.78 is 26.2. The van der Waals surface area contributed by atoms with E-state index in [1.54, 1.807) is 26.7 Å². The monoisotopic (exact) mass is 521 g/mol. The van der Waals surface area contributed by atoms with Gasteiger partial charge in [-0.25, -0.2) is 4.98 Å². The number of hydrogen-bond acceptors (Lipinski definition) is 9. The minimum atomic E-state index is -0.219. The van der Waals surface area contributed by atoms with Gasteiger partial charge < -0.3 is 33.9 Å². The fourth-order valence-corrected chi connectivity index (χ4v) is 4.80. The van der Waals surface area contributed by atoms with E-state index < -0.39 is 0 Å². The second-order valence-corrected chi connectivity index (χ2v) is 9.15. The Morgan fingerprint density at radius 1 is 1.03 bits per heavy atom. The number of nitrogens with zero attached hydrogens (tertiary/aromatic N) is 2. The molecule has 0 bridgehead atoms. The van der Waals surface area contributed by atoms with Gasteiger partial charge >= 0.3 is 0 Å². The third kappa shape index (κ3) is 8.16. The van der Waals surface area contributed by atoms with E-state index in [0.29, 0.717) is 63.3 Å². The predicted molar refractivity (Wildman–Crippen MR) is 135 cm³/mol. The lowest BCUT2D eigenvalue weighted by atomic mass is 9.97. The maximum atomic E-state index is 12.6. The van der Waals surface area contributed by atoms with Crippen molar-refractivity contribution in [3.05, 3.63) is 39.8 Å². The zero-order valence-electron chi connectivity index (χ0n) is 21.1. The zero-order valence-corrected chi connectivity index (χ0v) is 21.9. The number of nitrogens with one attached hydrogen (secondary N) is 1. The molecule has 36 heavy (non-hydrogen) atoms. The first kappa shape index (κ1) is 27.9. The summed E-state index contributed by atoms with van der Waals surface area (Å²) in [5, 5.41) is 5.63. The quantitative estimate of drug-likeness (QED) is 0.378. The highest BCUT2D eigenvalue weighted by molar-refractivity contribution is 7.09. The van der Waals surface area contributed by atoms with E-state index in [1.807, 2.05) is 23.1 Å². The summed E-state index contributed by atoms with van der Waals surface area (Å²) in [4.78, 5) is 31.4. The molecule has 0 radical (unpaired) electrons. The van der Waals surface area contributed by atoms with Gasteiger partial charge in [-0.15, -0.1) is 11.3 Å². The Balaban J connectivity index is 1.39. The van der Waals surface area contributed by atoms with Gasteiger partial charge in [0.2, 0.25) is 5.91 Å². The number of amides is 2. The molecule has 0 aliphatic carbocycles. The SMILES string of the molecule is COCCOCCOCC(=O)N1CCC(c2nc(C(=O)NCc3ccc(OC)c(OC)c3)cs2)CC1. The van der Waals surface area contributed by atoms with Crippen LogP contribution in [0.15, 0.2) is 23.6 Å². The number of benzene rings is 1. The summed E-state index contributed by atoms with van der Waals surface area (Å²) in [5.41, 5.74) is 1.31. The first-order chi connectivity index (χ1) is 17.5. The van der Waals surface area contributed by atoms with Gasteiger partial charge in [0.15, 0.2) is 11.5 Å². The lowest BCUT2D eigenvalue weighted by Gasteiger charge is -2.31. The van der Waals surface area contributed by atoms with Gasteiger partial charge in [-0.05, 0) is 30.5 Å². The fraction of sp³-hybridized carbons (Fsp3) is 0.560. The molecule has 1 aromatic heterocycles. The molecule has 198 valence electrons. The Kier molecular flexibility index (Phi) is 11.4. The first-order valence-corrected chi connectivity index (χ1v) is 12.8. The van der Waals surface area contributed by atoms with Crippen molar-refractivity contribution in [3.8, 4) is 11.5 Å². The minimum absolute atomic E-state index is 0.0142. The molecular formula is C25H35N3O7S. The molecular weight excluding hydrogens is 486 g/mol. The smallest absolute Gasteiger partial charge is 0.271 e. The van der Waals surface area contributed by atoms with Gasteiger partial charge in [0, 0.05) is 38.0 Å². The molecule has 1 aromatic carbocycles. The average molecular weight is 522 g/mol. The van der Waals surface area contributed by atoms with E-state index in [1.165, 1.54) is 11.3 Å². The lowest BCUT2D eigenvalue weighted by Crippen LogP contribution is -2.40. The Bertz CT molecular complexity index is 976. The van der Waals surface area contributed by atoms with Crippen LogP contribution in [0.5, 0.6) is 11.5 Å². The number of piperidine rings is 1. The second kappa shape index (κ2) is 14.7. The van der Waals surface area contributed by atoms with Crippen molar-refractivity contribution in [2.45, 2.75) is 25.3 Å². The predicted octanol–water partition coefficient (Wildman–Crippen LogP) is 2.48. The molecule has 0 atom stereocenters. The topological polar surface area (TPSA) is 108 Å². The van der Waals surface area contributed by atoms with Gasteiger partial charge in [-0.3, -0.25) is 9.59 Å². The van der Waals surface area contributed by atoms with E-state index in [2.05, 4.69) is 10.3 Å². The molecule has 1 aliphatic rings. The third-order valence-corrected chi connectivity index (χ3v) is 6.89. The molecule has 1 aliphatic heterocycles. The Morgan fingerprint density at radius 3 is 2.47 bits per heavy atom. The van der Waals surface area contributed by atoms with Crippen LogP contribution in [0.25, 0.3) is 0 Å². The van der Waals surface area contributed by atoms with Crippen LogP contribution < -0.4 is 14.8 Å². The van der Waals surface area contributed by atoms with Crippen LogP contribution in [-0.4, -0.2) is 89.2 Å². The van der Waals surface area contributed by atoms with Crippen LogP contribution in [0.2, 0.25) is 0 Å². The third-order valence-electron chi connectivity index (χ3n) is 5.88. The van der Waals surface area contributed by atoms with Crippen LogP contribution in [0.4, 0.5) is 0 Å². The molecule has 2 aromatic rings. The number of methoxy groups -OCH3 is 3. The number of aromatic nitrogens is 1. The van der Waals surface area contributed by atoms with Crippen molar-refractivity contribution in [3.63, 3.8) is 0 Å². The number of rotatable bonds is 14. The van der Waals surface area contributed by atoms with Crippen molar-refractivity contribution in [1.29, 1.82) is 0 Å². The zero-order chi connectivity index (χ0) is 25.8. The minimum Gasteiger partial charge on any atom is -0.493 e. The molecule has 1 fully saturated rings. The first-order valence-electron chi connectivity index (χ1n) is 11.9. The normalized spacial score (nSPS) is 14.0. The number of carbonyl (C=O) groups excluding carboxylic acids is 2. The van der Waals surface area contributed by atoms with Gasteiger partial charge in [0.1, 0.15) is 12.3 Å². The van der Waals surface area contributed by atoms with Crippen molar-refractivity contribution in [2.75, 3.05) is 67.5 Å². The maximum Gasteiger partial charge on any atom is 0.271 e. The molecule has 10 nitrogen and oxygen atoms in total. The van der Waals surface area contributed by atoms with Gasteiger partial charge in [-0.1, -0.05) is 6.07 Å². The Hall–Kier alpha value is -2.73. The molecule has 0 spiro atoms. The summed E-state index contributed by atoms with van der Waals surface area (Å²) in [6, 6.07) is 5.52. The van der Waals surface area contributed by atoms with Crippen LogP contribution >= 0.6 is 11.3 Å². The molecule has 1 saturated heterocycles. The van der Waals surface area contributed by atoms with E-state index in [4.69, 9.17) is 23.7 Å². The van der Waals surface area contributed by atoms with Crippen LogP contribution in [0, 0.1) is 0 Å². The molecule has 0 unspecified atom stereocenters. The standard InChI is InChI=1S/C25H35N3O7S/c1-31-10-11-34-12-13-35-16-23(29)28-8-6-19(7-9-28)25-27-20(17-36-25)24(30)26-15-18-4-5-21(32-2)22(14-18)33-3/h4-5,14,17,19H,6-13,15-16H2,1-3H3,(H,26,30). The van der Waals surface area contributed by atoms with Crippen LogP contribution in [0.1, 0.15) is 39.8 Å². The largest absolute Gasteiger partial charge is 0.493 e. The Morgan fingerprint density at radius 2 is 1.75 bits per heavy atom. The number of hydrogen-bond donors (Lipinski definition) is 1. The number of ether oxygens (including phenoxy) is 5.